The summed E-state index contributed by atoms with van der Waals surface area (Å²) in [6.45, 7) is 0. The maximum absolute atomic E-state index is 10.8. The zero-order valence-corrected chi connectivity index (χ0v) is 12.6. The predicted molar refractivity (Wildman–Crippen MR) is 58.2 cm³/mol. The van der Waals surface area contributed by atoms with Crippen LogP contribution in [0.25, 0.3) is 0 Å². The first-order valence-electron chi connectivity index (χ1n) is 3.81. The maximum atomic E-state index is 10.8. The molecule has 0 saturated carbocycles. The van der Waals surface area contributed by atoms with Gasteiger partial charge in [-0.2, -0.15) is 8.42 Å². The van der Waals surface area contributed by atoms with Crippen LogP contribution < -0.4 is 0 Å². The van der Waals surface area contributed by atoms with E-state index < -0.39 is 38.1 Å². The Kier molecular flexibility index (Phi) is 5.78. The molecule has 0 radical (unpaired) electrons. The van der Waals surface area contributed by atoms with Gasteiger partial charge in [-0.3, -0.25) is 4.55 Å². The summed E-state index contributed by atoms with van der Waals surface area (Å²) >= 11 is 0. The minimum absolute atomic E-state index is 0. The van der Waals surface area contributed by atoms with E-state index in [1.54, 1.807) is 0 Å². The van der Waals surface area contributed by atoms with Gasteiger partial charge in [0.2, 0.25) is 0 Å². The Morgan fingerprint density at radius 1 is 1.12 bits per heavy atom. The van der Waals surface area contributed by atoms with E-state index in [4.69, 9.17) is 14.8 Å². The largest absolute Gasteiger partial charge is 2.00 e. The molecule has 7 nitrogen and oxygen atoms in total. The standard InChI is InChI=1S/C8H6O7S.Sr.2H/c9-7(10)4-1-2-5(8(11)12)6(3-4)16(13,14)15;;;/h1-3H,(H,9,10)(H,11,12)(H,13,14,15);;;/q;+2;2*-1. The van der Waals surface area contributed by atoms with Gasteiger partial charge < -0.3 is 13.1 Å². The van der Waals surface area contributed by atoms with E-state index in [2.05, 4.69) is 0 Å². The van der Waals surface area contributed by atoms with Gasteiger partial charge in [-0.25, -0.2) is 9.59 Å². The van der Waals surface area contributed by atoms with Gasteiger partial charge in [0.1, 0.15) is 4.90 Å². The van der Waals surface area contributed by atoms with E-state index in [0.29, 0.717) is 6.07 Å². The van der Waals surface area contributed by atoms with Crippen molar-refractivity contribution < 1.29 is 35.6 Å². The second kappa shape index (κ2) is 5.94. The molecule has 0 aromatic heterocycles. The molecule has 0 heterocycles. The number of carbonyl (C=O) groups is 2. The summed E-state index contributed by atoms with van der Waals surface area (Å²) in [7, 11) is -4.78. The minimum atomic E-state index is -4.78. The minimum Gasteiger partial charge on any atom is -1.00 e. The van der Waals surface area contributed by atoms with Crippen LogP contribution in [-0.2, 0) is 10.1 Å². The van der Waals surface area contributed by atoms with Crippen LogP contribution >= 0.6 is 0 Å². The Bertz CT molecular complexity index is 572. The number of hydrogen-bond donors (Lipinski definition) is 3. The zero-order chi connectivity index (χ0) is 12.5. The van der Waals surface area contributed by atoms with Gasteiger partial charge in [0, 0.05) is 0 Å². The molecule has 0 saturated heterocycles. The SMILES string of the molecule is O=C(O)c1ccc(C(=O)O)c(S(=O)(=O)O)c1.[H-].[H-].[Sr+2]. The monoisotopic (exact) mass is 336 g/mol. The molecule has 1 aromatic rings. The van der Waals surface area contributed by atoms with Crippen LogP contribution in [0.2, 0.25) is 0 Å². The first kappa shape index (κ1) is 16.6. The summed E-state index contributed by atoms with van der Waals surface area (Å²) in [6, 6.07) is 2.32. The topological polar surface area (TPSA) is 129 Å². The molecule has 0 unspecified atom stereocenters. The van der Waals surface area contributed by atoms with Crippen molar-refractivity contribution in [2.45, 2.75) is 4.90 Å². The smallest absolute Gasteiger partial charge is 1.00 e. The number of rotatable bonds is 3. The summed E-state index contributed by atoms with van der Waals surface area (Å²) < 4.78 is 30.4. The maximum Gasteiger partial charge on any atom is 2.00 e. The van der Waals surface area contributed by atoms with E-state index in [9.17, 15) is 18.0 Å². The number of benzene rings is 1. The Balaban J connectivity index is -0.000000853. The fraction of sp³-hybridized carbons (Fsp3) is 0. The van der Waals surface area contributed by atoms with Gasteiger partial charge in [-0.05, 0) is 18.2 Å². The third-order valence-corrected chi connectivity index (χ3v) is 2.63. The Morgan fingerprint density at radius 2 is 1.65 bits per heavy atom. The summed E-state index contributed by atoms with van der Waals surface area (Å²) in [5, 5.41) is 17.2. The average molecular weight is 336 g/mol. The second-order valence-electron chi connectivity index (χ2n) is 2.80. The Morgan fingerprint density at radius 3 is 2.00 bits per heavy atom. The Labute approximate surface area is 136 Å². The van der Waals surface area contributed by atoms with Gasteiger partial charge in [-0.15, -0.1) is 0 Å². The van der Waals surface area contributed by atoms with E-state index >= 15 is 0 Å². The molecule has 0 atom stereocenters. The molecule has 0 spiro atoms. The molecule has 1 aromatic carbocycles. The van der Waals surface area contributed by atoms with Crippen molar-refractivity contribution in [2.24, 2.45) is 0 Å². The van der Waals surface area contributed by atoms with E-state index in [0.717, 1.165) is 12.1 Å². The van der Waals surface area contributed by atoms with E-state index in [1.807, 2.05) is 0 Å². The molecule has 0 aliphatic heterocycles. The summed E-state index contributed by atoms with van der Waals surface area (Å²) in [5.74, 6) is -3.01. The Hall–Kier alpha value is -0.449. The van der Waals surface area contributed by atoms with Crippen molar-refractivity contribution in [1.29, 1.82) is 0 Å². The average Bonchev–Trinajstić information content (AvgIpc) is 2.15. The fourth-order valence-electron chi connectivity index (χ4n) is 1.05. The molecule has 3 N–H and O–H groups in total. The van der Waals surface area contributed by atoms with E-state index in [-0.39, 0.29) is 48.3 Å². The second-order valence-corrected chi connectivity index (χ2v) is 4.19. The molecule has 0 bridgehead atoms. The van der Waals surface area contributed by atoms with Gasteiger partial charge in [-0.1, -0.05) is 0 Å². The number of carboxylic acids is 2. The molecule has 0 aliphatic carbocycles. The first-order valence-corrected chi connectivity index (χ1v) is 5.25. The molecule has 1 rings (SSSR count). The quantitative estimate of drug-likeness (QED) is 0.530. The summed E-state index contributed by atoms with van der Waals surface area (Å²) in [5.41, 5.74) is -1.12. The molecule has 9 heteroatoms. The van der Waals surface area contributed by atoms with Crippen LogP contribution in [-0.4, -0.2) is 80.6 Å². The van der Waals surface area contributed by atoms with Crippen LogP contribution in [0.5, 0.6) is 0 Å². The molecule has 0 amide bonds. The normalized spacial score (nSPS) is 10.4. The number of hydrogen-bond acceptors (Lipinski definition) is 4. The number of aromatic carboxylic acids is 2. The fourth-order valence-corrected chi connectivity index (χ4v) is 1.75. The molecule has 0 fully saturated rings. The number of carboxylic acid groups (broad SMARTS) is 2. The molecule has 90 valence electrons. The van der Waals surface area contributed by atoms with Crippen LogP contribution in [0.15, 0.2) is 23.1 Å². The zero-order valence-electron chi connectivity index (χ0n) is 10.3. The van der Waals surface area contributed by atoms with Crippen LogP contribution in [0, 0.1) is 0 Å². The van der Waals surface area contributed by atoms with Crippen LogP contribution in [0.1, 0.15) is 23.6 Å². The van der Waals surface area contributed by atoms with Gasteiger partial charge >= 0.3 is 57.4 Å². The van der Waals surface area contributed by atoms with Crippen LogP contribution in [0.4, 0.5) is 0 Å². The van der Waals surface area contributed by atoms with Crippen molar-refractivity contribution in [1.82, 2.24) is 0 Å². The van der Waals surface area contributed by atoms with Crippen LogP contribution in [0.3, 0.4) is 0 Å². The van der Waals surface area contributed by atoms with Gasteiger partial charge in [0.25, 0.3) is 10.1 Å². The van der Waals surface area contributed by atoms with Crippen molar-refractivity contribution in [3.05, 3.63) is 29.3 Å². The first-order chi connectivity index (χ1) is 7.23. The summed E-state index contributed by atoms with van der Waals surface area (Å²) in [4.78, 5) is 20.2. The third-order valence-electron chi connectivity index (χ3n) is 1.74. The van der Waals surface area contributed by atoms with Gasteiger partial charge in [0.15, 0.2) is 0 Å². The molecular formula is C8H8O7SSr. The molecule has 0 aliphatic rings. The summed E-state index contributed by atoms with van der Waals surface area (Å²) in [6.07, 6.45) is 0. The van der Waals surface area contributed by atoms with Gasteiger partial charge in [0.05, 0.1) is 11.1 Å². The third kappa shape index (κ3) is 4.05. The predicted octanol–water partition coefficient (Wildman–Crippen LogP) is 0.174. The van der Waals surface area contributed by atoms with Crippen molar-refractivity contribution >= 4 is 67.5 Å². The molecule has 17 heavy (non-hydrogen) atoms. The van der Waals surface area contributed by atoms with E-state index in [1.165, 1.54) is 0 Å². The van der Waals surface area contributed by atoms with Crippen molar-refractivity contribution in [3.8, 4) is 0 Å². The molecular weight excluding hydrogens is 328 g/mol. The van der Waals surface area contributed by atoms with Crippen molar-refractivity contribution in [2.75, 3.05) is 0 Å². The van der Waals surface area contributed by atoms with Crippen molar-refractivity contribution in [3.63, 3.8) is 0 Å².